The molecule has 0 radical (unpaired) electrons. The van der Waals surface area contributed by atoms with E-state index in [4.69, 9.17) is 9.26 Å². The fourth-order valence-electron chi connectivity index (χ4n) is 3.47. The summed E-state index contributed by atoms with van der Waals surface area (Å²) in [6.07, 6.45) is 3.78. The third-order valence-electron chi connectivity index (χ3n) is 5.31. The Balaban J connectivity index is 1.32. The van der Waals surface area contributed by atoms with E-state index in [1.165, 1.54) is 5.56 Å². The van der Waals surface area contributed by atoms with Crippen molar-refractivity contribution >= 4 is 5.91 Å². The number of hydrogen-bond acceptors (Lipinski definition) is 5. The third-order valence-corrected chi connectivity index (χ3v) is 5.31. The minimum absolute atomic E-state index is 0.0573. The van der Waals surface area contributed by atoms with Crippen molar-refractivity contribution in [2.45, 2.75) is 33.5 Å². The average Bonchev–Trinajstić information content (AvgIpc) is 3.38. The Hall–Kier alpha value is -3.87. The summed E-state index contributed by atoms with van der Waals surface area (Å²) < 4.78 is 12.9. The number of amides is 1. The molecule has 32 heavy (non-hydrogen) atoms. The standard InChI is InChI=1S/C25H26N4O3/c1-18-24(19(2)32-27-18)17-31-23-11-9-22(10-12-23)25(30)28(3)14-21-13-26-29(16-21)15-20-7-5-4-6-8-20/h4-13,16H,14-15,17H2,1-3H3. The van der Waals surface area contributed by atoms with Crippen LogP contribution in [0.25, 0.3) is 0 Å². The Morgan fingerprint density at radius 3 is 2.50 bits per heavy atom. The molecule has 7 heteroatoms. The maximum Gasteiger partial charge on any atom is 0.253 e. The highest BCUT2D eigenvalue weighted by molar-refractivity contribution is 5.94. The molecule has 164 valence electrons. The van der Waals surface area contributed by atoms with E-state index in [2.05, 4.69) is 22.4 Å². The molecular formula is C25H26N4O3. The molecule has 0 unspecified atom stereocenters. The molecule has 0 atom stereocenters. The van der Waals surface area contributed by atoms with Crippen LogP contribution in [0.3, 0.4) is 0 Å². The van der Waals surface area contributed by atoms with Gasteiger partial charge < -0.3 is 14.2 Å². The molecule has 0 saturated heterocycles. The van der Waals surface area contributed by atoms with Crippen molar-refractivity contribution in [3.05, 3.63) is 101 Å². The summed E-state index contributed by atoms with van der Waals surface area (Å²) in [5.74, 6) is 1.38. The van der Waals surface area contributed by atoms with Crippen LogP contribution in [0.1, 0.15) is 38.5 Å². The monoisotopic (exact) mass is 430 g/mol. The predicted octanol–water partition coefficient (Wildman–Crippen LogP) is 4.39. The zero-order valence-electron chi connectivity index (χ0n) is 18.5. The minimum Gasteiger partial charge on any atom is -0.489 e. The largest absolute Gasteiger partial charge is 0.489 e. The second-order valence-corrected chi connectivity index (χ2v) is 7.81. The highest BCUT2D eigenvalue weighted by atomic mass is 16.5. The molecule has 2 aromatic heterocycles. The number of carbonyl (C=O) groups is 1. The molecule has 7 nitrogen and oxygen atoms in total. The smallest absolute Gasteiger partial charge is 0.253 e. The molecule has 0 aliphatic heterocycles. The predicted molar refractivity (Wildman–Crippen MR) is 120 cm³/mol. The second-order valence-electron chi connectivity index (χ2n) is 7.81. The van der Waals surface area contributed by atoms with Gasteiger partial charge >= 0.3 is 0 Å². The molecule has 0 bridgehead atoms. The van der Waals surface area contributed by atoms with Gasteiger partial charge in [-0.05, 0) is 43.7 Å². The molecular weight excluding hydrogens is 404 g/mol. The van der Waals surface area contributed by atoms with Crippen LogP contribution in [0.5, 0.6) is 5.75 Å². The molecule has 4 rings (SSSR count). The lowest BCUT2D eigenvalue weighted by molar-refractivity contribution is 0.0785. The lowest BCUT2D eigenvalue weighted by Gasteiger charge is -2.16. The fraction of sp³-hybridized carbons (Fsp3) is 0.240. The summed E-state index contributed by atoms with van der Waals surface area (Å²) in [7, 11) is 1.79. The van der Waals surface area contributed by atoms with Gasteiger partial charge in [0.15, 0.2) is 0 Å². The Labute approximate surface area is 187 Å². The minimum atomic E-state index is -0.0573. The summed E-state index contributed by atoms with van der Waals surface area (Å²) >= 11 is 0. The van der Waals surface area contributed by atoms with Crippen molar-refractivity contribution in [3.8, 4) is 5.75 Å². The van der Waals surface area contributed by atoms with Crippen molar-refractivity contribution in [2.75, 3.05) is 7.05 Å². The van der Waals surface area contributed by atoms with Gasteiger partial charge in [0.2, 0.25) is 0 Å². The first kappa shape index (κ1) is 21.4. The van der Waals surface area contributed by atoms with Crippen molar-refractivity contribution in [2.24, 2.45) is 0 Å². The van der Waals surface area contributed by atoms with Gasteiger partial charge in [-0.25, -0.2) is 0 Å². The lowest BCUT2D eigenvalue weighted by Crippen LogP contribution is -2.26. The molecule has 0 aliphatic carbocycles. The van der Waals surface area contributed by atoms with Gasteiger partial charge in [-0.2, -0.15) is 5.10 Å². The number of benzene rings is 2. The maximum absolute atomic E-state index is 12.8. The maximum atomic E-state index is 12.8. The zero-order valence-corrected chi connectivity index (χ0v) is 18.5. The van der Waals surface area contributed by atoms with Gasteiger partial charge in [-0.15, -0.1) is 0 Å². The highest BCUT2D eigenvalue weighted by Crippen LogP contribution is 2.19. The molecule has 0 aliphatic rings. The first-order valence-electron chi connectivity index (χ1n) is 10.4. The summed E-state index contributed by atoms with van der Waals surface area (Å²) in [5.41, 5.74) is 4.54. The summed E-state index contributed by atoms with van der Waals surface area (Å²) in [5, 5.41) is 8.34. The number of aryl methyl sites for hydroxylation is 2. The van der Waals surface area contributed by atoms with E-state index in [0.29, 0.717) is 31.0 Å². The molecule has 0 N–H and O–H groups in total. The van der Waals surface area contributed by atoms with Crippen molar-refractivity contribution in [3.63, 3.8) is 0 Å². The molecule has 0 fully saturated rings. The number of carbonyl (C=O) groups excluding carboxylic acids is 1. The highest BCUT2D eigenvalue weighted by Gasteiger charge is 2.14. The normalized spacial score (nSPS) is 10.8. The van der Waals surface area contributed by atoms with Crippen molar-refractivity contribution < 1.29 is 14.1 Å². The Kier molecular flexibility index (Phi) is 6.35. The summed E-state index contributed by atoms with van der Waals surface area (Å²) in [4.78, 5) is 14.5. The Bertz CT molecular complexity index is 1160. The van der Waals surface area contributed by atoms with E-state index in [9.17, 15) is 4.79 Å². The van der Waals surface area contributed by atoms with E-state index in [0.717, 1.165) is 22.6 Å². The van der Waals surface area contributed by atoms with Crippen LogP contribution in [0.15, 0.2) is 71.5 Å². The Morgan fingerprint density at radius 1 is 1.06 bits per heavy atom. The van der Waals surface area contributed by atoms with E-state index in [-0.39, 0.29) is 5.91 Å². The van der Waals surface area contributed by atoms with Crippen molar-refractivity contribution in [1.29, 1.82) is 0 Å². The van der Waals surface area contributed by atoms with E-state index >= 15 is 0 Å². The van der Waals surface area contributed by atoms with Crippen LogP contribution >= 0.6 is 0 Å². The number of rotatable bonds is 8. The van der Waals surface area contributed by atoms with Crippen LogP contribution in [0.2, 0.25) is 0 Å². The topological polar surface area (TPSA) is 73.4 Å². The number of ether oxygens (including phenoxy) is 1. The van der Waals surface area contributed by atoms with Gasteiger partial charge in [-0.1, -0.05) is 35.5 Å². The lowest BCUT2D eigenvalue weighted by atomic mass is 10.2. The molecule has 2 heterocycles. The van der Waals surface area contributed by atoms with Gasteiger partial charge in [0.25, 0.3) is 5.91 Å². The van der Waals surface area contributed by atoms with Gasteiger partial charge in [0.1, 0.15) is 18.1 Å². The van der Waals surface area contributed by atoms with E-state index in [1.54, 1.807) is 42.4 Å². The first-order valence-corrected chi connectivity index (χ1v) is 10.4. The summed E-state index contributed by atoms with van der Waals surface area (Å²) in [6, 6.07) is 17.3. The van der Waals surface area contributed by atoms with E-state index < -0.39 is 0 Å². The van der Waals surface area contributed by atoms with Crippen LogP contribution < -0.4 is 4.74 Å². The first-order chi connectivity index (χ1) is 15.5. The molecule has 1 amide bonds. The molecule has 4 aromatic rings. The number of nitrogens with zero attached hydrogens (tertiary/aromatic N) is 4. The second kappa shape index (κ2) is 9.51. The van der Waals surface area contributed by atoms with Gasteiger partial charge in [-0.3, -0.25) is 9.48 Å². The van der Waals surface area contributed by atoms with Crippen LogP contribution in [-0.4, -0.2) is 32.8 Å². The van der Waals surface area contributed by atoms with E-state index in [1.807, 2.05) is 42.9 Å². The Morgan fingerprint density at radius 2 is 1.81 bits per heavy atom. The average molecular weight is 431 g/mol. The van der Waals surface area contributed by atoms with Crippen molar-refractivity contribution in [1.82, 2.24) is 19.8 Å². The van der Waals surface area contributed by atoms with Crippen LogP contribution in [0, 0.1) is 13.8 Å². The fourth-order valence-corrected chi connectivity index (χ4v) is 3.47. The number of hydrogen-bond donors (Lipinski definition) is 0. The van der Waals surface area contributed by atoms with Crippen LogP contribution in [0.4, 0.5) is 0 Å². The third kappa shape index (κ3) is 5.06. The van der Waals surface area contributed by atoms with Gasteiger partial charge in [0, 0.05) is 30.9 Å². The SMILES string of the molecule is Cc1noc(C)c1COc1ccc(C(=O)N(C)Cc2cnn(Cc3ccccc3)c2)cc1. The number of aromatic nitrogens is 3. The summed E-state index contributed by atoms with van der Waals surface area (Å²) in [6.45, 7) is 5.31. The quantitative estimate of drug-likeness (QED) is 0.415. The van der Waals surface area contributed by atoms with Crippen LogP contribution in [-0.2, 0) is 19.7 Å². The molecule has 0 saturated carbocycles. The zero-order chi connectivity index (χ0) is 22.5. The molecule has 2 aromatic carbocycles. The van der Waals surface area contributed by atoms with Gasteiger partial charge in [0.05, 0.1) is 24.0 Å². The molecule has 0 spiro atoms.